The van der Waals surface area contributed by atoms with Crippen molar-refractivity contribution in [1.29, 1.82) is 0 Å². The van der Waals surface area contributed by atoms with E-state index in [0.29, 0.717) is 0 Å². The number of rotatable bonds is 4. The molecule has 7 nitrogen and oxygen atoms in total. The van der Waals surface area contributed by atoms with Crippen LogP contribution in [0.2, 0.25) is 0 Å². The molecule has 1 N–H and O–H groups in total. The number of hydrogen-bond donors (Lipinski definition) is 1. The van der Waals surface area contributed by atoms with Crippen LogP contribution in [0.15, 0.2) is 24.3 Å². The lowest BCUT2D eigenvalue weighted by Gasteiger charge is -2.09. The van der Waals surface area contributed by atoms with E-state index in [4.69, 9.17) is 9.84 Å². The smallest absolute Gasteiger partial charge is 0.478 e. The van der Waals surface area contributed by atoms with Crippen molar-refractivity contribution in [1.82, 2.24) is 0 Å². The Bertz CT molecular complexity index is 523. The number of carbonyl (C=O) groups excluding carboxylic acids is 2. The van der Waals surface area contributed by atoms with Gasteiger partial charge in [0.05, 0.1) is 11.1 Å². The van der Waals surface area contributed by atoms with Crippen LogP contribution in [0.5, 0.6) is 0 Å². The summed E-state index contributed by atoms with van der Waals surface area (Å²) in [5.74, 6) is -2.01. The highest BCUT2D eigenvalue weighted by atomic mass is 16.8. The minimum atomic E-state index is -1.22. The summed E-state index contributed by atoms with van der Waals surface area (Å²) in [6.07, 6.45) is -1.47. The number of esters is 1. The molecule has 0 bridgehead atoms. The Balaban J connectivity index is 2.00. The van der Waals surface area contributed by atoms with Crippen LogP contribution < -0.4 is 0 Å². The van der Waals surface area contributed by atoms with Gasteiger partial charge >= 0.3 is 18.1 Å². The van der Waals surface area contributed by atoms with Gasteiger partial charge in [-0.05, 0) is 12.1 Å². The summed E-state index contributed by atoms with van der Waals surface area (Å²) in [5, 5.41) is 8.93. The first kappa shape index (κ1) is 12.9. The molecule has 19 heavy (non-hydrogen) atoms. The van der Waals surface area contributed by atoms with Crippen LogP contribution in [0.25, 0.3) is 0 Å². The second-order valence-corrected chi connectivity index (χ2v) is 3.75. The first-order valence-corrected chi connectivity index (χ1v) is 5.41. The maximum Gasteiger partial charge on any atom is 0.508 e. The highest BCUT2D eigenvalue weighted by Crippen LogP contribution is 2.12. The first-order valence-electron chi connectivity index (χ1n) is 5.41. The second kappa shape index (κ2) is 5.38. The van der Waals surface area contributed by atoms with E-state index >= 15 is 0 Å². The van der Waals surface area contributed by atoms with Gasteiger partial charge in [-0.15, -0.1) is 0 Å². The number of hydrogen-bond acceptors (Lipinski definition) is 6. The van der Waals surface area contributed by atoms with Gasteiger partial charge in [0, 0.05) is 0 Å². The van der Waals surface area contributed by atoms with Crippen molar-refractivity contribution in [2.24, 2.45) is 0 Å². The molecule has 1 fully saturated rings. The second-order valence-electron chi connectivity index (χ2n) is 3.75. The minimum Gasteiger partial charge on any atom is -0.478 e. The van der Waals surface area contributed by atoms with Crippen LogP contribution in [0.3, 0.4) is 0 Å². The van der Waals surface area contributed by atoms with Gasteiger partial charge < -0.3 is 19.3 Å². The molecular weight excluding hydrogens is 256 g/mol. The van der Waals surface area contributed by atoms with Gasteiger partial charge in [0.25, 0.3) is 0 Å². The van der Waals surface area contributed by atoms with E-state index in [1.165, 1.54) is 24.3 Å². The van der Waals surface area contributed by atoms with Crippen LogP contribution in [-0.4, -0.2) is 42.5 Å². The zero-order valence-corrected chi connectivity index (χ0v) is 9.70. The van der Waals surface area contributed by atoms with Crippen molar-refractivity contribution in [2.75, 3.05) is 13.2 Å². The van der Waals surface area contributed by atoms with E-state index in [2.05, 4.69) is 9.47 Å². The van der Waals surface area contributed by atoms with Gasteiger partial charge in [-0.3, -0.25) is 0 Å². The molecule has 1 unspecified atom stereocenters. The summed E-state index contributed by atoms with van der Waals surface area (Å²) in [5.41, 5.74) is -0.201. The van der Waals surface area contributed by atoms with Gasteiger partial charge in [-0.1, -0.05) is 12.1 Å². The zero-order valence-electron chi connectivity index (χ0n) is 9.70. The number of carbonyl (C=O) groups is 3. The maximum absolute atomic E-state index is 11.7. The number of benzene rings is 1. The molecule has 1 saturated heterocycles. The molecule has 2 rings (SSSR count). The maximum atomic E-state index is 11.7. The lowest BCUT2D eigenvalue weighted by atomic mass is 10.1. The molecule has 1 atom stereocenters. The third-order valence-corrected chi connectivity index (χ3v) is 2.43. The monoisotopic (exact) mass is 266 g/mol. The van der Waals surface area contributed by atoms with Crippen molar-refractivity contribution in [3.63, 3.8) is 0 Å². The predicted octanol–water partition coefficient (Wildman–Crippen LogP) is 1.08. The van der Waals surface area contributed by atoms with Crippen LogP contribution in [0, 0.1) is 0 Å². The fourth-order valence-corrected chi connectivity index (χ4v) is 1.54. The Labute approximate surface area is 107 Å². The lowest BCUT2D eigenvalue weighted by molar-refractivity contribution is 0.0296. The van der Waals surface area contributed by atoms with E-state index in [1.807, 2.05) is 0 Å². The number of carboxylic acids is 1. The Kier molecular flexibility index (Phi) is 3.65. The minimum absolute atomic E-state index is 0.00664. The Morgan fingerprint density at radius 3 is 2.58 bits per heavy atom. The summed E-state index contributed by atoms with van der Waals surface area (Å²) in [6, 6.07) is 5.69. The van der Waals surface area contributed by atoms with Crippen LogP contribution in [0.1, 0.15) is 20.7 Å². The fraction of sp³-hybridized carbons (Fsp3) is 0.250. The molecule has 0 amide bonds. The van der Waals surface area contributed by atoms with E-state index in [9.17, 15) is 14.4 Å². The van der Waals surface area contributed by atoms with Gasteiger partial charge in [0.1, 0.15) is 13.2 Å². The molecule has 0 spiro atoms. The topological polar surface area (TPSA) is 99.1 Å². The van der Waals surface area contributed by atoms with E-state index in [1.54, 1.807) is 0 Å². The van der Waals surface area contributed by atoms with Gasteiger partial charge in [-0.25, -0.2) is 14.4 Å². The Morgan fingerprint density at radius 2 is 2.00 bits per heavy atom. The summed E-state index contributed by atoms with van der Waals surface area (Å²) in [7, 11) is 0. The number of ether oxygens (including phenoxy) is 3. The van der Waals surface area contributed by atoms with E-state index in [-0.39, 0.29) is 24.3 Å². The quantitative estimate of drug-likeness (QED) is 0.814. The SMILES string of the molecule is O=C1OCC(COC(=O)c2ccccc2C(=O)O)O1. The van der Waals surface area contributed by atoms with Crippen molar-refractivity contribution in [2.45, 2.75) is 6.10 Å². The molecule has 1 aromatic carbocycles. The highest BCUT2D eigenvalue weighted by Gasteiger charge is 2.27. The lowest BCUT2D eigenvalue weighted by Crippen LogP contribution is -2.21. The molecule has 7 heteroatoms. The number of carboxylic acid groups (broad SMARTS) is 1. The molecule has 0 saturated carbocycles. The average molecular weight is 266 g/mol. The number of aromatic carboxylic acids is 1. The molecular formula is C12H10O7. The summed E-state index contributed by atoms with van der Waals surface area (Å²) < 4.78 is 14.1. The van der Waals surface area contributed by atoms with E-state index < -0.39 is 24.2 Å². The summed E-state index contributed by atoms with van der Waals surface area (Å²) >= 11 is 0. The van der Waals surface area contributed by atoms with Crippen molar-refractivity contribution in [3.05, 3.63) is 35.4 Å². The molecule has 1 heterocycles. The molecule has 100 valence electrons. The number of cyclic esters (lactones) is 2. The van der Waals surface area contributed by atoms with Gasteiger partial charge in [-0.2, -0.15) is 0 Å². The van der Waals surface area contributed by atoms with Crippen LogP contribution in [-0.2, 0) is 14.2 Å². The highest BCUT2D eigenvalue weighted by molar-refractivity contribution is 6.02. The van der Waals surface area contributed by atoms with Gasteiger partial charge in [0.2, 0.25) is 0 Å². The fourth-order valence-electron chi connectivity index (χ4n) is 1.54. The molecule has 1 aliphatic rings. The van der Waals surface area contributed by atoms with Crippen molar-refractivity contribution < 1.29 is 33.7 Å². The van der Waals surface area contributed by atoms with Crippen LogP contribution >= 0.6 is 0 Å². The molecule has 0 aliphatic carbocycles. The summed E-state index contributed by atoms with van der Waals surface area (Å²) in [4.78, 5) is 33.3. The Hall–Kier alpha value is -2.57. The molecule has 0 aromatic heterocycles. The Morgan fingerprint density at radius 1 is 1.32 bits per heavy atom. The third-order valence-electron chi connectivity index (χ3n) is 2.43. The third kappa shape index (κ3) is 3.01. The normalized spacial score (nSPS) is 17.5. The predicted molar refractivity (Wildman–Crippen MR) is 59.9 cm³/mol. The summed E-state index contributed by atoms with van der Waals surface area (Å²) in [6.45, 7) is -0.175. The average Bonchev–Trinajstić information content (AvgIpc) is 2.81. The van der Waals surface area contributed by atoms with E-state index in [0.717, 1.165) is 0 Å². The van der Waals surface area contributed by atoms with Crippen molar-refractivity contribution in [3.8, 4) is 0 Å². The molecule has 1 aromatic rings. The molecule has 0 radical (unpaired) electrons. The molecule has 1 aliphatic heterocycles. The van der Waals surface area contributed by atoms with Crippen LogP contribution in [0.4, 0.5) is 4.79 Å². The largest absolute Gasteiger partial charge is 0.508 e. The standard InChI is InChI=1S/C12H10O7/c13-10(14)8-3-1-2-4-9(8)11(15)17-5-7-6-18-12(16)19-7/h1-4,7H,5-6H2,(H,13,14). The van der Waals surface area contributed by atoms with Gasteiger partial charge in [0.15, 0.2) is 6.10 Å². The first-order chi connectivity index (χ1) is 9.08. The van der Waals surface area contributed by atoms with Crippen molar-refractivity contribution >= 4 is 18.1 Å². The zero-order chi connectivity index (χ0) is 13.8.